The summed E-state index contributed by atoms with van der Waals surface area (Å²) >= 11 is 0. The van der Waals surface area contributed by atoms with Gasteiger partial charge in [-0.2, -0.15) is 4.31 Å². The molecular weight excluding hydrogens is 398 g/mol. The molecule has 0 aliphatic rings. The first-order valence-corrected chi connectivity index (χ1v) is 11.7. The van der Waals surface area contributed by atoms with Crippen LogP contribution in [0.5, 0.6) is 0 Å². The van der Waals surface area contributed by atoms with Gasteiger partial charge in [0.2, 0.25) is 10.0 Å². The predicted octanol–water partition coefficient (Wildman–Crippen LogP) is 4.12. The van der Waals surface area contributed by atoms with Crippen molar-refractivity contribution >= 4 is 26.7 Å². The van der Waals surface area contributed by atoms with Crippen molar-refractivity contribution in [3.63, 3.8) is 0 Å². The van der Waals surface area contributed by atoms with Crippen molar-refractivity contribution in [2.45, 2.75) is 44.7 Å². The third kappa shape index (κ3) is 4.33. The molecule has 2 N–H and O–H groups in total. The molecule has 0 bridgehead atoms. The lowest BCUT2D eigenvalue weighted by atomic mass is 10.0. The van der Waals surface area contributed by atoms with Crippen LogP contribution < -0.4 is 5.32 Å². The van der Waals surface area contributed by atoms with E-state index in [2.05, 4.69) is 10.3 Å². The van der Waals surface area contributed by atoms with E-state index in [1.807, 2.05) is 52.0 Å². The topological polar surface area (TPSA) is 82.3 Å². The van der Waals surface area contributed by atoms with Gasteiger partial charge < -0.3 is 10.3 Å². The number of carbonyl (C=O) groups is 1. The highest BCUT2D eigenvalue weighted by molar-refractivity contribution is 7.89. The lowest BCUT2D eigenvalue weighted by Crippen LogP contribution is -2.35. The molecule has 7 heteroatoms. The minimum atomic E-state index is -3.48. The summed E-state index contributed by atoms with van der Waals surface area (Å²) in [6.07, 6.45) is 1.75. The summed E-state index contributed by atoms with van der Waals surface area (Å²) in [5.41, 5.74) is 2.52. The largest absolute Gasteiger partial charge is 0.360 e. The number of hydrogen-bond donors (Lipinski definition) is 2. The maximum atomic E-state index is 12.9. The van der Waals surface area contributed by atoms with Crippen LogP contribution in [0.1, 0.15) is 49.7 Å². The average molecular weight is 428 g/mol. The van der Waals surface area contributed by atoms with Crippen molar-refractivity contribution in [3.05, 3.63) is 65.9 Å². The standard InChI is InChI=1S/C23H29N3O3S/c1-5-26(6-2)30(28,29)19-13-11-18(12-14-19)16(3)25-17(4)23(27)21-15-24-22-10-8-7-9-20(21)22/h7-17,24-25H,5-6H2,1-4H3/t16-,17-/m1/s1. The lowest BCUT2D eigenvalue weighted by molar-refractivity contribution is 0.0947. The molecule has 30 heavy (non-hydrogen) atoms. The zero-order valence-electron chi connectivity index (χ0n) is 17.8. The highest BCUT2D eigenvalue weighted by Crippen LogP contribution is 2.22. The van der Waals surface area contributed by atoms with Crippen LogP contribution in [0.2, 0.25) is 0 Å². The van der Waals surface area contributed by atoms with Gasteiger partial charge in [-0.15, -0.1) is 0 Å². The molecule has 0 aliphatic heterocycles. The van der Waals surface area contributed by atoms with E-state index in [0.717, 1.165) is 16.5 Å². The summed E-state index contributed by atoms with van der Waals surface area (Å²) in [6, 6.07) is 14.1. The van der Waals surface area contributed by atoms with Crippen LogP contribution in [0.3, 0.4) is 0 Å². The smallest absolute Gasteiger partial charge is 0.243 e. The van der Waals surface area contributed by atoms with Crippen molar-refractivity contribution in [3.8, 4) is 0 Å². The molecule has 1 aromatic heterocycles. The van der Waals surface area contributed by atoms with E-state index < -0.39 is 16.1 Å². The summed E-state index contributed by atoms with van der Waals surface area (Å²) in [7, 11) is -3.48. The minimum Gasteiger partial charge on any atom is -0.360 e. The van der Waals surface area contributed by atoms with Crippen LogP contribution >= 0.6 is 0 Å². The zero-order valence-corrected chi connectivity index (χ0v) is 18.7. The number of Topliss-reactive ketones (excluding diaryl/α,β-unsaturated/α-hetero) is 1. The Morgan fingerprint density at radius 1 is 1.03 bits per heavy atom. The van der Waals surface area contributed by atoms with Gasteiger partial charge in [0.1, 0.15) is 0 Å². The van der Waals surface area contributed by atoms with Gasteiger partial charge in [0.15, 0.2) is 5.78 Å². The molecule has 0 spiro atoms. The van der Waals surface area contributed by atoms with Crippen LogP contribution in [-0.2, 0) is 10.0 Å². The SMILES string of the molecule is CCN(CC)S(=O)(=O)c1ccc([C@@H](C)N[C@H](C)C(=O)c2c[nH]c3ccccc23)cc1. The monoisotopic (exact) mass is 427 g/mol. The number of rotatable bonds is 9. The maximum Gasteiger partial charge on any atom is 0.243 e. The lowest BCUT2D eigenvalue weighted by Gasteiger charge is -2.21. The van der Waals surface area contributed by atoms with Gasteiger partial charge in [-0.05, 0) is 37.6 Å². The fourth-order valence-electron chi connectivity index (χ4n) is 3.70. The van der Waals surface area contributed by atoms with Gasteiger partial charge in [0.05, 0.1) is 10.9 Å². The highest BCUT2D eigenvalue weighted by Gasteiger charge is 2.23. The Morgan fingerprint density at radius 2 is 1.67 bits per heavy atom. The molecule has 0 aliphatic carbocycles. The normalized spacial score (nSPS) is 14.2. The quantitative estimate of drug-likeness (QED) is 0.503. The van der Waals surface area contributed by atoms with Crippen LogP contribution in [0.15, 0.2) is 59.6 Å². The molecule has 2 atom stereocenters. The molecule has 160 valence electrons. The van der Waals surface area contributed by atoms with Gasteiger partial charge in [-0.3, -0.25) is 4.79 Å². The first-order chi connectivity index (χ1) is 14.3. The van der Waals surface area contributed by atoms with E-state index in [-0.39, 0.29) is 16.7 Å². The van der Waals surface area contributed by atoms with Crippen molar-refractivity contribution < 1.29 is 13.2 Å². The average Bonchev–Trinajstić information content (AvgIpc) is 3.18. The molecule has 0 saturated carbocycles. The van der Waals surface area contributed by atoms with Gasteiger partial charge in [0, 0.05) is 41.8 Å². The number of H-pyrrole nitrogens is 1. The Labute approximate surface area is 178 Å². The van der Waals surface area contributed by atoms with Crippen LogP contribution in [-0.4, -0.2) is 42.6 Å². The Hall–Kier alpha value is -2.48. The van der Waals surface area contributed by atoms with Crippen molar-refractivity contribution in [1.82, 2.24) is 14.6 Å². The third-order valence-electron chi connectivity index (χ3n) is 5.47. The number of aromatic amines is 1. The summed E-state index contributed by atoms with van der Waals surface area (Å²) in [6.45, 7) is 8.34. The number of aromatic nitrogens is 1. The number of nitrogens with zero attached hydrogens (tertiary/aromatic N) is 1. The molecule has 1 heterocycles. The maximum absolute atomic E-state index is 12.9. The molecule has 0 fully saturated rings. The Bertz CT molecular complexity index is 1120. The molecule has 3 rings (SSSR count). The first-order valence-electron chi connectivity index (χ1n) is 10.3. The zero-order chi connectivity index (χ0) is 21.9. The number of carbonyl (C=O) groups excluding carboxylic acids is 1. The van der Waals surface area contributed by atoms with Crippen LogP contribution in [0, 0.1) is 0 Å². The van der Waals surface area contributed by atoms with Crippen LogP contribution in [0.4, 0.5) is 0 Å². The van der Waals surface area contributed by atoms with E-state index in [4.69, 9.17) is 0 Å². The Morgan fingerprint density at radius 3 is 2.30 bits per heavy atom. The second-order valence-corrected chi connectivity index (χ2v) is 9.32. The van der Waals surface area contributed by atoms with Crippen molar-refractivity contribution in [2.24, 2.45) is 0 Å². The second kappa shape index (κ2) is 9.12. The van der Waals surface area contributed by atoms with Gasteiger partial charge in [-0.1, -0.05) is 44.2 Å². The van der Waals surface area contributed by atoms with E-state index in [9.17, 15) is 13.2 Å². The summed E-state index contributed by atoms with van der Waals surface area (Å²) in [5.74, 6) is 0.0139. The minimum absolute atomic E-state index is 0.0139. The van der Waals surface area contributed by atoms with Crippen molar-refractivity contribution in [1.29, 1.82) is 0 Å². The molecule has 0 radical (unpaired) electrons. The number of sulfonamides is 1. The molecule has 0 saturated heterocycles. The number of para-hydroxylation sites is 1. The molecule has 0 amide bonds. The molecule has 3 aromatic rings. The van der Waals surface area contributed by atoms with E-state index in [0.29, 0.717) is 18.7 Å². The number of hydrogen-bond acceptors (Lipinski definition) is 4. The number of nitrogens with one attached hydrogen (secondary N) is 2. The molecule has 0 unspecified atom stereocenters. The number of ketones is 1. The summed E-state index contributed by atoms with van der Waals surface area (Å²) < 4.78 is 26.7. The van der Waals surface area contributed by atoms with Crippen LogP contribution in [0.25, 0.3) is 10.9 Å². The summed E-state index contributed by atoms with van der Waals surface area (Å²) in [4.78, 5) is 16.4. The van der Waals surface area contributed by atoms with Gasteiger partial charge in [-0.25, -0.2) is 8.42 Å². The van der Waals surface area contributed by atoms with E-state index in [1.165, 1.54) is 4.31 Å². The fourth-order valence-corrected chi connectivity index (χ4v) is 5.15. The van der Waals surface area contributed by atoms with Gasteiger partial charge in [0.25, 0.3) is 0 Å². The van der Waals surface area contributed by atoms with E-state index >= 15 is 0 Å². The molecular formula is C23H29N3O3S. The Kier molecular flexibility index (Phi) is 6.75. The first kappa shape index (κ1) is 22.2. The number of fused-ring (bicyclic) bond motifs is 1. The second-order valence-electron chi connectivity index (χ2n) is 7.38. The van der Waals surface area contributed by atoms with Crippen molar-refractivity contribution in [2.75, 3.05) is 13.1 Å². The number of benzene rings is 2. The van der Waals surface area contributed by atoms with Gasteiger partial charge >= 0.3 is 0 Å². The third-order valence-corrected chi connectivity index (χ3v) is 7.54. The Balaban J connectivity index is 1.72. The highest BCUT2D eigenvalue weighted by atomic mass is 32.2. The summed E-state index contributed by atoms with van der Waals surface area (Å²) in [5, 5.41) is 4.24. The predicted molar refractivity (Wildman–Crippen MR) is 120 cm³/mol. The van der Waals surface area contributed by atoms with E-state index in [1.54, 1.807) is 30.5 Å². The molecule has 6 nitrogen and oxygen atoms in total. The fraction of sp³-hybridized carbons (Fsp3) is 0.348. The molecule has 2 aromatic carbocycles.